The van der Waals surface area contributed by atoms with Crippen LogP contribution < -0.4 is 9.47 Å². The van der Waals surface area contributed by atoms with E-state index < -0.39 is 0 Å². The number of rotatable bonds is 4. The Balaban J connectivity index is 1.51. The Morgan fingerprint density at radius 1 is 0.962 bits per heavy atom. The van der Waals surface area contributed by atoms with Crippen LogP contribution in [0.1, 0.15) is 38.5 Å². The lowest BCUT2D eigenvalue weighted by Crippen LogP contribution is -2.10. The van der Waals surface area contributed by atoms with E-state index in [0.29, 0.717) is 6.79 Å². The number of benzene rings is 2. The summed E-state index contributed by atoms with van der Waals surface area (Å²) in [5.74, 6) is 3.52. The topological polar surface area (TPSA) is 36.3 Å². The molecule has 0 unspecified atom stereocenters. The van der Waals surface area contributed by atoms with Gasteiger partial charge < -0.3 is 14.0 Å². The normalized spacial score (nSPS) is 17.1. The van der Waals surface area contributed by atoms with Crippen molar-refractivity contribution < 1.29 is 9.47 Å². The quantitative estimate of drug-likeness (QED) is 0.633. The lowest BCUT2D eigenvalue weighted by molar-refractivity contribution is 0.174. The maximum Gasteiger partial charge on any atom is 0.231 e. The summed E-state index contributed by atoms with van der Waals surface area (Å²) < 4.78 is 13.4. The van der Waals surface area contributed by atoms with Crippen molar-refractivity contribution in [2.75, 3.05) is 6.79 Å². The van der Waals surface area contributed by atoms with Crippen LogP contribution in [0.2, 0.25) is 0 Å². The van der Waals surface area contributed by atoms with Gasteiger partial charge in [-0.2, -0.15) is 0 Å². The van der Waals surface area contributed by atoms with E-state index >= 15 is 0 Å². The third-order valence-electron chi connectivity index (χ3n) is 5.77. The molecule has 0 saturated heterocycles. The molecule has 2 aliphatic rings. The summed E-state index contributed by atoms with van der Waals surface area (Å²) in [7, 11) is 0. The zero-order valence-corrected chi connectivity index (χ0v) is 15.0. The molecule has 1 aromatic heterocycles. The van der Waals surface area contributed by atoms with Crippen LogP contribution in [0.25, 0.3) is 22.4 Å². The predicted molar refractivity (Wildman–Crippen MR) is 102 cm³/mol. The van der Waals surface area contributed by atoms with Crippen LogP contribution in [-0.2, 0) is 6.54 Å². The molecule has 0 radical (unpaired) electrons. The second-order valence-electron chi connectivity index (χ2n) is 7.44. The van der Waals surface area contributed by atoms with Gasteiger partial charge in [0.05, 0.1) is 11.0 Å². The molecule has 0 spiro atoms. The molecule has 134 valence electrons. The molecule has 26 heavy (non-hydrogen) atoms. The van der Waals surface area contributed by atoms with E-state index in [0.717, 1.165) is 40.9 Å². The summed E-state index contributed by atoms with van der Waals surface area (Å²) in [4.78, 5) is 4.94. The number of aromatic nitrogens is 2. The lowest BCUT2D eigenvalue weighted by Gasteiger charge is -2.22. The number of nitrogens with zero attached hydrogens (tertiary/aromatic N) is 2. The summed E-state index contributed by atoms with van der Waals surface area (Å²) in [6.45, 7) is 1.33. The number of fused-ring (bicyclic) bond motifs is 2. The molecule has 4 nitrogen and oxygen atoms in total. The smallest absolute Gasteiger partial charge is 0.231 e. The van der Waals surface area contributed by atoms with Crippen molar-refractivity contribution in [1.82, 2.24) is 9.55 Å². The molecule has 0 amide bonds. The van der Waals surface area contributed by atoms with Crippen molar-refractivity contribution in [3.63, 3.8) is 0 Å². The molecular weight excluding hydrogens is 324 g/mol. The number of imidazole rings is 1. The van der Waals surface area contributed by atoms with Crippen LogP contribution in [0.4, 0.5) is 0 Å². The third-order valence-corrected chi connectivity index (χ3v) is 5.77. The van der Waals surface area contributed by atoms with Crippen LogP contribution in [-0.4, -0.2) is 16.3 Å². The highest BCUT2D eigenvalue weighted by Gasteiger charge is 2.19. The Labute approximate surface area is 153 Å². The van der Waals surface area contributed by atoms with Gasteiger partial charge in [0.25, 0.3) is 0 Å². The first-order valence-corrected chi connectivity index (χ1v) is 9.74. The highest BCUT2D eigenvalue weighted by Crippen LogP contribution is 2.37. The van der Waals surface area contributed by atoms with Gasteiger partial charge in [-0.25, -0.2) is 4.98 Å². The SMILES string of the molecule is c1ccc2c(c1)nc(-c1ccc3c(c1)OCO3)n2CCC1CCCCC1. The van der Waals surface area contributed by atoms with Gasteiger partial charge in [-0.3, -0.25) is 0 Å². The van der Waals surface area contributed by atoms with E-state index in [9.17, 15) is 0 Å². The van der Waals surface area contributed by atoms with E-state index in [1.807, 2.05) is 6.07 Å². The number of hydrogen-bond donors (Lipinski definition) is 0. The third kappa shape index (κ3) is 2.83. The summed E-state index contributed by atoms with van der Waals surface area (Å²) in [5, 5.41) is 0. The van der Waals surface area contributed by atoms with Crippen molar-refractivity contribution in [3.05, 3.63) is 42.5 Å². The van der Waals surface area contributed by atoms with Crippen molar-refractivity contribution in [3.8, 4) is 22.9 Å². The van der Waals surface area contributed by atoms with Gasteiger partial charge in [-0.05, 0) is 42.7 Å². The van der Waals surface area contributed by atoms with Gasteiger partial charge in [-0.1, -0.05) is 44.2 Å². The van der Waals surface area contributed by atoms with E-state index in [-0.39, 0.29) is 0 Å². The fraction of sp³-hybridized carbons (Fsp3) is 0.409. The van der Waals surface area contributed by atoms with Crippen LogP contribution in [0, 0.1) is 5.92 Å². The Morgan fingerprint density at radius 2 is 1.81 bits per heavy atom. The van der Waals surface area contributed by atoms with Crippen LogP contribution in [0.5, 0.6) is 11.5 Å². The molecule has 1 saturated carbocycles. The molecule has 5 rings (SSSR count). The number of aryl methyl sites for hydroxylation is 1. The van der Waals surface area contributed by atoms with Crippen molar-refractivity contribution in [1.29, 1.82) is 0 Å². The summed E-state index contributed by atoms with van der Waals surface area (Å²) in [6, 6.07) is 14.6. The van der Waals surface area contributed by atoms with E-state index in [4.69, 9.17) is 14.5 Å². The van der Waals surface area contributed by atoms with Gasteiger partial charge in [-0.15, -0.1) is 0 Å². The van der Waals surface area contributed by atoms with E-state index in [2.05, 4.69) is 41.0 Å². The molecule has 2 aromatic carbocycles. The van der Waals surface area contributed by atoms with Gasteiger partial charge in [0.1, 0.15) is 5.82 Å². The molecule has 1 fully saturated rings. The molecule has 4 heteroatoms. The molecule has 3 aromatic rings. The first-order valence-electron chi connectivity index (χ1n) is 9.74. The lowest BCUT2D eigenvalue weighted by atomic mass is 9.87. The van der Waals surface area contributed by atoms with Crippen molar-refractivity contribution in [2.24, 2.45) is 5.92 Å². The first-order chi connectivity index (χ1) is 12.9. The maximum atomic E-state index is 5.57. The largest absolute Gasteiger partial charge is 0.454 e. The minimum Gasteiger partial charge on any atom is -0.454 e. The Kier molecular flexibility index (Phi) is 4.04. The molecule has 2 heterocycles. The van der Waals surface area contributed by atoms with Crippen LogP contribution >= 0.6 is 0 Å². The zero-order valence-electron chi connectivity index (χ0n) is 15.0. The molecule has 1 aliphatic carbocycles. The summed E-state index contributed by atoms with van der Waals surface area (Å²) in [6.07, 6.45) is 8.19. The van der Waals surface area contributed by atoms with Gasteiger partial charge in [0.2, 0.25) is 6.79 Å². The number of hydrogen-bond acceptors (Lipinski definition) is 3. The average Bonchev–Trinajstić information content (AvgIpc) is 3.31. The molecule has 0 N–H and O–H groups in total. The second-order valence-corrected chi connectivity index (χ2v) is 7.44. The first kappa shape index (κ1) is 15.7. The zero-order chi connectivity index (χ0) is 17.3. The molecule has 0 bridgehead atoms. The standard InChI is InChI=1S/C22H24N2O2/c1-2-6-16(7-3-1)12-13-24-19-9-5-4-8-18(19)23-22(24)17-10-11-20-21(14-17)26-15-25-20/h4-5,8-11,14,16H,1-3,6-7,12-13,15H2. The minimum atomic E-state index is 0.302. The Bertz CT molecular complexity index is 925. The van der Waals surface area contributed by atoms with Crippen LogP contribution in [0.3, 0.4) is 0 Å². The minimum absolute atomic E-state index is 0.302. The fourth-order valence-electron chi connectivity index (χ4n) is 4.35. The summed E-state index contributed by atoms with van der Waals surface area (Å²) in [5.41, 5.74) is 3.37. The predicted octanol–water partition coefficient (Wildman–Crippen LogP) is 5.40. The fourth-order valence-corrected chi connectivity index (χ4v) is 4.35. The van der Waals surface area contributed by atoms with Gasteiger partial charge in [0, 0.05) is 12.1 Å². The van der Waals surface area contributed by atoms with Gasteiger partial charge in [0.15, 0.2) is 11.5 Å². The number of ether oxygens (including phenoxy) is 2. The maximum absolute atomic E-state index is 5.57. The van der Waals surface area contributed by atoms with Crippen molar-refractivity contribution >= 4 is 11.0 Å². The molecular formula is C22H24N2O2. The second kappa shape index (κ2) is 6.67. The Hall–Kier alpha value is -2.49. The number of para-hydroxylation sites is 2. The van der Waals surface area contributed by atoms with E-state index in [1.165, 1.54) is 44.0 Å². The summed E-state index contributed by atoms with van der Waals surface area (Å²) >= 11 is 0. The Morgan fingerprint density at radius 3 is 2.73 bits per heavy atom. The molecule has 1 aliphatic heterocycles. The van der Waals surface area contributed by atoms with E-state index in [1.54, 1.807) is 0 Å². The monoisotopic (exact) mass is 348 g/mol. The van der Waals surface area contributed by atoms with Crippen molar-refractivity contribution in [2.45, 2.75) is 45.1 Å². The molecule has 0 atom stereocenters. The highest BCUT2D eigenvalue weighted by molar-refractivity contribution is 5.81. The van der Waals surface area contributed by atoms with Gasteiger partial charge >= 0.3 is 0 Å². The highest BCUT2D eigenvalue weighted by atomic mass is 16.7. The average molecular weight is 348 g/mol. The van der Waals surface area contributed by atoms with Crippen LogP contribution in [0.15, 0.2) is 42.5 Å².